The molecule has 9 nitrogen and oxygen atoms in total. The number of ether oxygens (including phenoxy) is 1. The van der Waals surface area contributed by atoms with Gasteiger partial charge < -0.3 is 13.6 Å². The second kappa shape index (κ2) is 8.94. The molecule has 3 aromatic heterocycles. The monoisotopic (exact) mass is 485 g/mol. The molecule has 5 rings (SSSR count). The molecule has 1 saturated heterocycles. The van der Waals surface area contributed by atoms with E-state index in [1.165, 1.54) is 39.9 Å². The molecule has 11 heteroatoms. The molecule has 1 aliphatic heterocycles. The Hall–Kier alpha value is -3.25. The van der Waals surface area contributed by atoms with Crippen molar-refractivity contribution < 1.29 is 26.8 Å². The lowest BCUT2D eigenvalue weighted by atomic mass is 10.2. The molecule has 1 amide bonds. The molecule has 170 valence electrons. The minimum Gasteiger partial charge on any atom is -0.463 e. The zero-order valence-corrected chi connectivity index (χ0v) is 18.9. The lowest BCUT2D eigenvalue weighted by Crippen LogP contribution is -2.40. The lowest BCUT2D eigenvalue weighted by molar-refractivity contribution is 0.0730. The third-order valence-electron chi connectivity index (χ3n) is 5.07. The third-order valence-corrected chi connectivity index (χ3v) is 7.97. The Bertz CT molecular complexity index is 1290. The van der Waals surface area contributed by atoms with E-state index in [4.69, 9.17) is 13.6 Å². The Labute approximate surface area is 193 Å². The van der Waals surface area contributed by atoms with Gasteiger partial charge in [-0.3, -0.25) is 10.1 Å². The number of rotatable bonds is 6. The summed E-state index contributed by atoms with van der Waals surface area (Å²) in [6.45, 7) is 1.36. The summed E-state index contributed by atoms with van der Waals surface area (Å²) in [5.41, 5.74) is 0.868. The summed E-state index contributed by atoms with van der Waals surface area (Å²) in [6.07, 6.45) is 3.11. The van der Waals surface area contributed by atoms with Crippen LogP contribution in [0.5, 0.6) is 0 Å². The molecule has 4 heterocycles. The highest BCUT2D eigenvalue weighted by atomic mass is 32.2. The quantitative estimate of drug-likeness (QED) is 0.440. The van der Waals surface area contributed by atoms with Crippen molar-refractivity contribution in [3.05, 3.63) is 66.6 Å². The summed E-state index contributed by atoms with van der Waals surface area (Å²) in [6, 6.07) is 12.9. The number of furan rings is 2. The number of sulfonamides is 1. The van der Waals surface area contributed by atoms with Gasteiger partial charge in [0.15, 0.2) is 10.9 Å². The fourth-order valence-electron chi connectivity index (χ4n) is 3.41. The van der Waals surface area contributed by atoms with Gasteiger partial charge in [0.25, 0.3) is 5.91 Å². The van der Waals surface area contributed by atoms with Crippen molar-refractivity contribution in [1.82, 2.24) is 9.29 Å². The molecule has 0 aliphatic carbocycles. The first-order valence-electron chi connectivity index (χ1n) is 10.1. The van der Waals surface area contributed by atoms with Crippen molar-refractivity contribution in [3.8, 4) is 22.1 Å². The van der Waals surface area contributed by atoms with Crippen molar-refractivity contribution in [1.29, 1.82) is 0 Å². The van der Waals surface area contributed by atoms with Crippen LogP contribution >= 0.6 is 11.3 Å². The van der Waals surface area contributed by atoms with E-state index in [9.17, 15) is 13.2 Å². The number of aromatic nitrogens is 1. The fourth-order valence-corrected chi connectivity index (χ4v) is 5.75. The molecule has 1 aromatic carbocycles. The van der Waals surface area contributed by atoms with Gasteiger partial charge >= 0.3 is 0 Å². The number of carbonyl (C=O) groups excluding carboxylic acids is 1. The maximum absolute atomic E-state index is 12.8. The van der Waals surface area contributed by atoms with Crippen molar-refractivity contribution in [2.75, 3.05) is 31.6 Å². The van der Waals surface area contributed by atoms with Gasteiger partial charge in [0, 0.05) is 18.7 Å². The Morgan fingerprint density at radius 1 is 0.970 bits per heavy atom. The maximum atomic E-state index is 12.8. The van der Waals surface area contributed by atoms with E-state index in [-0.39, 0.29) is 4.90 Å². The summed E-state index contributed by atoms with van der Waals surface area (Å²) in [4.78, 5) is 18.2. The molecule has 4 aromatic rings. The van der Waals surface area contributed by atoms with E-state index >= 15 is 0 Å². The molecular formula is C22H19N3O6S2. The fraction of sp³-hybridized carbons (Fsp3) is 0.182. The van der Waals surface area contributed by atoms with Crippen LogP contribution in [0.2, 0.25) is 0 Å². The van der Waals surface area contributed by atoms with Crippen molar-refractivity contribution in [3.63, 3.8) is 0 Å². The second-order valence-corrected chi connectivity index (χ2v) is 10.1. The molecule has 0 saturated carbocycles. The summed E-state index contributed by atoms with van der Waals surface area (Å²) in [5.74, 6) is 0.754. The molecule has 0 unspecified atom stereocenters. The first kappa shape index (κ1) is 21.6. The molecule has 0 bridgehead atoms. The highest BCUT2D eigenvalue weighted by Gasteiger charge is 2.26. The van der Waals surface area contributed by atoms with Crippen LogP contribution < -0.4 is 5.32 Å². The van der Waals surface area contributed by atoms with Crippen LogP contribution in [0.15, 0.2) is 74.8 Å². The van der Waals surface area contributed by atoms with Gasteiger partial charge in [-0.05, 0) is 48.5 Å². The molecule has 33 heavy (non-hydrogen) atoms. The van der Waals surface area contributed by atoms with Gasteiger partial charge in [0.05, 0.1) is 30.6 Å². The van der Waals surface area contributed by atoms with Gasteiger partial charge in [-0.25, -0.2) is 13.4 Å². The molecule has 0 radical (unpaired) electrons. The number of amides is 1. The van der Waals surface area contributed by atoms with E-state index in [1.807, 2.05) is 0 Å². The molecule has 0 spiro atoms. The largest absolute Gasteiger partial charge is 0.463 e. The Morgan fingerprint density at radius 3 is 2.27 bits per heavy atom. The van der Waals surface area contributed by atoms with E-state index in [0.717, 1.165) is 4.88 Å². The van der Waals surface area contributed by atoms with Crippen LogP contribution in [-0.2, 0) is 14.8 Å². The number of thiazole rings is 1. The van der Waals surface area contributed by atoms with Crippen LogP contribution in [0.1, 0.15) is 10.4 Å². The average molecular weight is 486 g/mol. The number of hydrogen-bond donors (Lipinski definition) is 1. The van der Waals surface area contributed by atoms with Gasteiger partial charge in [0.1, 0.15) is 16.3 Å². The zero-order chi connectivity index (χ0) is 22.8. The predicted octanol–water partition coefficient (Wildman–Crippen LogP) is 3.94. The minimum absolute atomic E-state index is 0.135. The Morgan fingerprint density at radius 2 is 1.64 bits per heavy atom. The van der Waals surface area contributed by atoms with Crippen molar-refractivity contribution >= 4 is 32.4 Å². The Kier molecular flexibility index (Phi) is 5.85. The SMILES string of the molecule is O=C(Nc1nc(-c2ccco2)c(-c2ccco2)s1)c1ccc(S(=O)(=O)N2CCOCC2)cc1. The second-order valence-electron chi connectivity index (χ2n) is 7.15. The van der Waals surface area contributed by atoms with Gasteiger partial charge in [-0.2, -0.15) is 4.31 Å². The van der Waals surface area contributed by atoms with Gasteiger partial charge in [0.2, 0.25) is 10.0 Å². The lowest BCUT2D eigenvalue weighted by Gasteiger charge is -2.26. The number of benzene rings is 1. The number of nitrogens with one attached hydrogen (secondary N) is 1. The topological polar surface area (TPSA) is 115 Å². The number of hydrogen-bond acceptors (Lipinski definition) is 8. The summed E-state index contributed by atoms with van der Waals surface area (Å²) in [5, 5.41) is 3.14. The molecule has 0 atom stereocenters. The predicted molar refractivity (Wildman–Crippen MR) is 121 cm³/mol. The number of nitrogens with zero attached hydrogens (tertiary/aromatic N) is 2. The summed E-state index contributed by atoms with van der Waals surface area (Å²) < 4.78 is 43.1. The summed E-state index contributed by atoms with van der Waals surface area (Å²) >= 11 is 1.25. The molecule has 1 aliphatic rings. The first-order valence-corrected chi connectivity index (χ1v) is 12.4. The standard InChI is InChI=1S/C22H19N3O6S2/c26-21(15-5-7-16(8-6-15)33(27,28)25-9-13-29-14-10-25)24-22-23-19(17-3-1-11-30-17)20(32-22)18-4-2-12-31-18/h1-8,11-12H,9-10,13-14H2,(H,23,24,26). The van der Waals surface area contributed by atoms with Crippen LogP contribution in [0, 0.1) is 0 Å². The molecule has 1 fully saturated rings. The number of carbonyl (C=O) groups is 1. The van der Waals surface area contributed by atoms with Crippen LogP contribution in [0.3, 0.4) is 0 Å². The first-order chi connectivity index (χ1) is 16.0. The van der Waals surface area contributed by atoms with Crippen molar-refractivity contribution in [2.24, 2.45) is 0 Å². The van der Waals surface area contributed by atoms with E-state index in [0.29, 0.717) is 54.2 Å². The van der Waals surface area contributed by atoms with E-state index in [2.05, 4.69) is 10.3 Å². The van der Waals surface area contributed by atoms with Crippen LogP contribution in [-0.4, -0.2) is 49.9 Å². The highest BCUT2D eigenvalue weighted by molar-refractivity contribution is 7.89. The number of anilines is 1. The molecular weight excluding hydrogens is 466 g/mol. The zero-order valence-electron chi connectivity index (χ0n) is 17.3. The van der Waals surface area contributed by atoms with Gasteiger partial charge in [-0.15, -0.1) is 0 Å². The third kappa shape index (κ3) is 4.35. The van der Waals surface area contributed by atoms with E-state index < -0.39 is 15.9 Å². The van der Waals surface area contributed by atoms with Crippen LogP contribution in [0.4, 0.5) is 5.13 Å². The Balaban J connectivity index is 1.36. The number of morpholine rings is 1. The summed E-state index contributed by atoms with van der Waals surface area (Å²) in [7, 11) is -3.63. The van der Waals surface area contributed by atoms with Crippen LogP contribution in [0.25, 0.3) is 22.1 Å². The van der Waals surface area contributed by atoms with Gasteiger partial charge in [-0.1, -0.05) is 11.3 Å². The normalized spacial score (nSPS) is 14.9. The smallest absolute Gasteiger partial charge is 0.257 e. The highest BCUT2D eigenvalue weighted by Crippen LogP contribution is 2.39. The van der Waals surface area contributed by atoms with Crippen molar-refractivity contribution in [2.45, 2.75) is 4.90 Å². The minimum atomic E-state index is -3.63. The maximum Gasteiger partial charge on any atom is 0.257 e. The average Bonchev–Trinajstić information content (AvgIpc) is 3.61. The van der Waals surface area contributed by atoms with E-state index in [1.54, 1.807) is 36.8 Å². The molecule has 1 N–H and O–H groups in total.